The minimum atomic E-state index is -3.87. The Morgan fingerprint density at radius 2 is 1.88 bits per heavy atom. The van der Waals surface area contributed by atoms with Crippen molar-refractivity contribution in [2.75, 3.05) is 13.1 Å². The lowest BCUT2D eigenvalue weighted by Gasteiger charge is -2.19. The number of carbonyl (C=O) groups excluding carboxylic acids is 1. The summed E-state index contributed by atoms with van der Waals surface area (Å²) in [7, 11) is -3.87. The van der Waals surface area contributed by atoms with Gasteiger partial charge >= 0.3 is 0 Å². The van der Waals surface area contributed by atoms with E-state index >= 15 is 0 Å². The van der Waals surface area contributed by atoms with Crippen LogP contribution in [0.5, 0.6) is 0 Å². The number of nitrogens with one attached hydrogen (secondary N) is 2. The SMILES string of the molecule is Cl.NCC1CCCC1NC(=O)CCNS(=O)(=O)c1c(Cl)cccc1Cl. The average molecular weight is 431 g/mol. The summed E-state index contributed by atoms with van der Waals surface area (Å²) in [6.45, 7) is 0.512. The van der Waals surface area contributed by atoms with Gasteiger partial charge in [0.25, 0.3) is 0 Å². The molecule has 4 N–H and O–H groups in total. The van der Waals surface area contributed by atoms with Gasteiger partial charge in [-0.3, -0.25) is 4.79 Å². The first-order valence-electron chi connectivity index (χ1n) is 7.78. The lowest BCUT2D eigenvalue weighted by Crippen LogP contribution is -2.41. The molecule has 142 valence electrons. The Labute approximate surface area is 164 Å². The molecule has 1 aromatic carbocycles. The molecule has 0 bridgehead atoms. The molecule has 0 saturated heterocycles. The number of carbonyl (C=O) groups is 1. The van der Waals surface area contributed by atoms with Crippen LogP contribution in [0.15, 0.2) is 23.1 Å². The molecule has 0 spiro atoms. The van der Waals surface area contributed by atoms with Crippen LogP contribution < -0.4 is 15.8 Å². The van der Waals surface area contributed by atoms with Crippen molar-refractivity contribution in [3.05, 3.63) is 28.2 Å². The van der Waals surface area contributed by atoms with E-state index in [0.717, 1.165) is 19.3 Å². The van der Waals surface area contributed by atoms with Crippen molar-refractivity contribution in [3.8, 4) is 0 Å². The molecule has 0 heterocycles. The quantitative estimate of drug-likeness (QED) is 0.618. The Morgan fingerprint density at radius 3 is 2.48 bits per heavy atom. The van der Waals surface area contributed by atoms with Gasteiger partial charge in [0.1, 0.15) is 4.90 Å². The third-order valence-corrected chi connectivity index (χ3v) is 6.56. The van der Waals surface area contributed by atoms with Crippen LogP contribution in [0.1, 0.15) is 25.7 Å². The van der Waals surface area contributed by atoms with Crippen molar-refractivity contribution in [1.29, 1.82) is 0 Å². The van der Waals surface area contributed by atoms with E-state index in [1.54, 1.807) is 6.07 Å². The number of amides is 1. The third kappa shape index (κ3) is 5.98. The zero-order valence-electron chi connectivity index (χ0n) is 13.5. The van der Waals surface area contributed by atoms with Crippen LogP contribution in [0.4, 0.5) is 0 Å². The molecular weight excluding hydrogens is 409 g/mol. The molecule has 1 saturated carbocycles. The fraction of sp³-hybridized carbons (Fsp3) is 0.533. The summed E-state index contributed by atoms with van der Waals surface area (Å²) >= 11 is 11.8. The molecule has 25 heavy (non-hydrogen) atoms. The average Bonchev–Trinajstić information content (AvgIpc) is 2.93. The second-order valence-electron chi connectivity index (χ2n) is 5.80. The van der Waals surface area contributed by atoms with E-state index in [-0.39, 0.29) is 52.3 Å². The van der Waals surface area contributed by atoms with E-state index in [9.17, 15) is 13.2 Å². The van der Waals surface area contributed by atoms with Gasteiger partial charge < -0.3 is 11.1 Å². The number of nitrogens with two attached hydrogens (primary N) is 1. The summed E-state index contributed by atoms with van der Waals surface area (Å²) in [4.78, 5) is 11.8. The zero-order valence-corrected chi connectivity index (χ0v) is 16.6. The number of halogens is 3. The molecule has 1 amide bonds. The fourth-order valence-electron chi connectivity index (χ4n) is 2.90. The molecule has 1 aliphatic rings. The number of hydrogen-bond acceptors (Lipinski definition) is 4. The van der Waals surface area contributed by atoms with Gasteiger partial charge in [0.15, 0.2) is 0 Å². The van der Waals surface area contributed by atoms with Crippen molar-refractivity contribution in [2.45, 2.75) is 36.6 Å². The Morgan fingerprint density at radius 1 is 1.24 bits per heavy atom. The summed E-state index contributed by atoms with van der Waals surface area (Å²) in [5, 5.41) is 3.00. The summed E-state index contributed by atoms with van der Waals surface area (Å²) in [6, 6.07) is 4.54. The van der Waals surface area contributed by atoms with Gasteiger partial charge in [-0.15, -0.1) is 12.4 Å². The Kier molecular flexibility index (Phi) is 8.94. The van der Waals surface area contributed by atoms with Gasteiger partial charge in [0.2, 0.25) is 15.9 Å². The number of rotatable bonds is 7. The highest BCUT2D eigenvalue weighted by Gasteiger charge is 2.27. The van der Waals surface area contributed by atoms with Gasteiger partial charge in [-0.2, -0.15) is 0 Å². The maximum absolute atomic E-state index is 12.3. The minimum Gasteiger partial charge on any atom is -0.353 e. The predicted octanol–water partition coefficient (Wildman–Crippen LogP) is 2.33. The van der Waals surface area contributed by atoms with Crippen LogP contribution in [0.25, 0.3) is 0 Å². The second-order valence-corrected chi connectivity index (χ2v) is 8.32. The van der Waals surface area contributed by atoms with E-state index < -0.39 is 10.0 Å². The van der Waals surface area contributed by atoms with E-state index in [0.29, 0.717) is 12.5 Å². The Balaban J connectivity index is 0.00000312. The normalized spacial score (nSPS) is 20.1. The Bertz CT molecular complexity index is 680. The van der Waals surface area contributed by atoms with E-state index in [4.69, 9.17) is 28.9 Å². The molecule has 0 aromatic heterocycles. The molecule has 1 aliphatic carbocycles. The topological polar surface area (TPSA) is 101 Å². The molecule has 10 heteroatoms. The van der Waals surface area contributed by atoms with Crippen LogP contribution >= 0.6 is 35.6 Å². The maximum Gasteiger partial charge on any atom is 0.243 e. The summed E-state index contributed by atoms with van der Waals surface area (Å²) in [5.74, 6) is 0.0980. The highest BCUT2D eigenvalue weighted by Crippen LogP contribution is 2.28. The zero-order chi connectivity index (χ0) is 17.7. The van der Waals surface area contributed by atoms with Gasteiger partial charge in [-0.1, -0.05) is 35.7 Å². The highest BCUT2D eigenvalue weighted by molar-refractivity contribution is 7.89. The molecule has 2 rings (SSSR count). The van der Waals surface area contributed by atoms with Gasteiger partial charge in [0.05, 0.1) is 10.0 Å². The van der Waals surface area contributed by atoms with E-state index in [1.807, 2.05) is 0 Å². The van der Waals surface area contributed by atoms with Crippen LogP contribution in [-0.2, 0) is 14.8 Å². The number of benzene rings is 1. The smallest absolute Gasteiger partial charge is 0.243 e. The monoisotopic (exact) mass is 429 g/mol. The molecule has 1 aromatic rings. The van der Waals surface area contributed by atoms with Crippen molar-refractivity contribution < 1.29 is 13.2 Å². The molecule has 1 fully saturated rings. The number of hydrogen-bond donors (Lipinski definition) is 3. The van der Waals surface area contributed by atoms with Crippen molar-refractivity contribution in [2.24, 2.45) is 11.7 Å². The summed E-state index contributed by atoms with van der Waals surface area (Å²) < 4.78 is 26.9. The van der Waals surface area contributed by atoms with Crippen LogP contribution in [0.3, 0.4) is 0 Å². The van der Waals surface area contributed by atoms with Crippen LogP contribution in [0.2, 0.25) is 10.0 Å². The fourth-order valence-corrected chi connectivity index (χ4v) is 5.07. The van der Waals surface area contributed by atoms with Crippen molar-refractivity contribution in [1.82, 2.24) is 10.0 Å². The molecular formula is C15H22Cl3N3O3S. The first-order chi connectivity index (χ1) is 11.3. The molecule has 0 radical (unpaired) electrons. The van der Waals surface area contributed by atoms with Gasteiger partial charge in [-0.05, 0) is 37.4 Å². The molecule has 2 unspecified atom stereocenters. The van der Waals surface area contributed by atoms with E-state index in [1.165, 1.54) is 12.1 Å². The first kappa shape index (κ1) is 22.5. The summed E-state index contributed by atoms with van der Waals surface area (Å²) in [6.07, 6.45) is 3.01. The largest absolute Gasteiger partial charge is 0.353 e. The van der Waals surface area contributed by atoms with Crippen molar-refractivity contribution in [3.63, 3.8) is 0 Å². The molecule has 0 aliphatic heterocycles. The minimum absolute atomic E-state index is 0. The van der Waals surface area contributed by atoms with Gasteiger partial charge in [0, 0.05) is 19.0 Å². The lowest BCUT2D eigenvalue weighted by atomic mass is 10.0. The van der Waals surface area contributed by atoms with Crippen LogP contribution in [-0.4, -0.2) is 33.5 Å². The van der Waals surface area contributed by atoms with Gasteiger partial charge in [-0.25, -0.2) is 13.1 Å². The first-order valence-corrected chi connectivity index (χ1v) is 10.0. The highest BCUT2D eigenvalue weighted by atomic mass is 35.5. The van der Waals surface area contributed by atoms with Crippen LogP contribution in [0, 0.1) is 5.92 Å². The lowest BCUT2D eigenvalue weighted by molar-refractivity contribution is -0.121. The maximum atomic E-state index is 12.3. The number of sulfonamides is 1. The standard InChI is InChI=1S/C15H21Cl2N3O3S.ClH/c16-11-4-2-5-12(17)15(11)24(22,23)19-8-7-14(21)20-13-6-1-3-10(13)9-18;/h2,4-5,10,13,19H,1,3,6-9,18H2,(H,20,21);1H. The molecule has 6 nitrogen and oxygen atoms in total. The van der Waals surface area contributed by atoms with E-state index in [2.05, 4.69) is 10.0 Å². The third-order valence-electron chi connectivity index (χ3n) is 4.14. The predicted molar refractivity (Wildman–Crippen MR) is 102 cm³/mol. The van der Waals surface area contributed by atoms with Crippen molar-refractivity contribution >= 4 is 51.5 Å². The molecule has 2 atom stereocenters. The summed E-state index contributed by atoms with van der Waals surface area (Å²) in [5.41, 5.74) is 5.68. The second kappa shape index (κ2) is 9.94. The Hall–Kier alpha value is -0.570.